The summed E-state index contributed by atoms with van der Waals surface area (Å²) in [5, 5.41) is 0. The maximum absolute atomic E-state index is 2.26. The Morgan fingerprint density at radius 2 is 1.50 bits per heavy atom. The number of hydrogen-bond donors (Lipinski definition) is 0. The zero-order chi connectivity index (χ0) is 7.66. The van der Waals surface area contributed by atoms with Crippen molar-refractivity contribution in [2.45, 2.75) is 52.4 Å². The molecule has 0 aromatic heterocycles. The van der Waals surface area contributed by atoms with Crippen LogP contribution in [-0.2, 0) is 0 Å². The molecule has 0 aliphatic heterocycles. The van der Waals surface area contributed by atoms with Crippen LogP contribution in [0.25, 0.3) is 0 Å². The van der Waals surface area contributed by atoms with Gasteiger partial charge in [-0.05, 0) is 19.8 Å². The summed E-state index contributed by atoms with van der Waals surface area (Å²) in [5.41, 5.74) is 0. The average Bonchev–Trinajstić information content (AvgIpc) is 1.97. The van der Waals surface area contributed by atoms with Crippen molar-refractivity contribution < 1.29 is 0 Å². The van der Waals surface area contributed by atoms with Gasteiger partial charge in [0.25, 0.3) is 0 Å². The summed E-state index contributed by atoms with van der Waals surface area (Å²) in [5.74, 6) is 0. The van der Waals surface area contributed by atoms with E-state index in [-0.39, 0.29) is 24.8 Å². The summed E-state index contributed by atoms with van der Waals surface area (Å²) in [7, 11) is 0. The first kappa shape index (κ1) is 18.2. The summed E-state index contributed by atoms with van der Waals surface area (Å²) in [6.07, 6.45) is 12.7. The van der Waals surface area contributed by atoms with Crippen molar-refractivity contribution in [1.29, 1.82) is 0 Å². The van der Waals surface area contributed by atoms with Gasteiger partial charge >= 0.3 is 0 Å². The highest BCUT2D eigenvalue weighted by Crippen LogP contribution is 2.04. The van der Waals surface area contributed by atoms with Gasteiger partial charge in [0.05, 0.1) is 0 Å². The molecule has 0 amide bonds. The van der Waals surface area contributed by atoms with Crippen molar-refractivity contribution in [3.63, 3.8) is 0 Å². The third-order valence-corrected chi connectivity index (χ3v) is 1.71. The zero-order valence-corrected chi connectivity index (χ0v) is 9.85. The fourth-order valence-electron chi connectivity index (χ4n) is 1.03. The quantitative estimate of drug-likeness (QED) is 0.440. The Bertz CT molecular complexity index is 79.9. The topological polar surface area (TPSA) is 0 Å². The molecule has 0 aliphatic rings. The van der Waals surface area contributed by atoms with Crippen LogP contribution >= 0.6 is 24.8 Å². The first-order valence-corrected chi connectivity index (χ1v) is 4.53. The van der Waals surface area contributed by atoms with Crippen molar-refractivity contribution in [1.82, 2.24) is 0 Å². The molecule has 0 aliphatic carbocycles. The van der Waals surface area contributed by atoms with E-state index >= 15 is 0 Å². The van der Waals surface area contributed by atoms with Crippen LogP contribution in [0.2, 0.25) is 0 Å². The van der Waals surface area contributed by atoms with Gasteiger partial charge in [-0.2, -0.15) is 0 Å². The summed E-state index contributed by atoms with van der Waals surface area (Å²) in [4.78, 5) is 0. The number of allylic oxidation sites excluding steroid dienone is 2. The molecular formula is C10H22Cl2. The fourth-order valence-corrected chi connectivity index (χ4v) is 1.03. The zero-order valence-electron chi connectivity index (χ0n) is 8.21. The lowest BCUT2D eigenvalue weighted by Crippen LogP contribution is -1.75. The smallest absolute Gasteiger partial charge is 0.0351 e. The van der Waals surface area contributed by atoms with Crippen LogP contribution in [0, 0.1) is 0 Å². The normalized spacial score (nSPS) is 9.17. The second-order valence-electron chi connectivity index (χ2n) is 2.77. The Morgan fingerprint density at radius 3 is 2.00 bits per heavy atom. The van der Waals surface area contributed by atoms with Crippen molar-refractivity contribution in [2.24, 2.45) is 0 Å². The molecule has 76 valence electrons. The van der Waals surface area contributed by atoms with E-state index < -0.39 is 0 Å². The monoisotopic (exact) mass is 212 g/mol. The van der Waals surface area contributed by atoms with Crippen LogP contribution in [-0.4, -0.2) is 0 Å². The van der Waals surface area contributed by atoms with Gasteiger partial charge in [0, 0.05) is 0 Å². The predicted octanol–water partition coefficient (Wildman–Crippen LogP) is 4.77. The molecule has 0 bridgehead atoms. The van der Waals surface area contributed by atoms with Gasteiger partial charge in [0.2, 0.25) is 0 Å². The predicted molar refractivity (Wildman–Crippen MR) is 62.7 cm³/mol. The number of rotatable bonds is 6. The molecule has 0 saturated heterocycles. The lowest BCUT2D eigenvalue weighted by atomic mass is 10.1. The lowest BCUT2D eigenvalue weighted by molar-refractivity contribution is 0.637. The Balaban J connectivity index is -0.000000405. The van der Waals surface area contributed by atoms with E-state index in [1.807, 2.05) is 0 Å². The molecule has 0 atom stereocenters. The van der Waals surface area contributed by atoms with E-state index in [2.05, 4.69) is 26.0 Å². The Labute approximate surface area is 89.6 Å². The van der Waals surface area contributed by atoms with Gasteiger partial charge in [-0.1, -0.05) is 44.8 Å². The average molecular weight is 213 g/mol. The van der Waals surface area contributed by atoms with E-state index in [1.165, 1.54) is 38.5 Å². The third-order valence-electron chi connectivity index (χ3n) is 1.71. The van der Waals surface area contributed by atoms with Crippen LogP contribution in [0.15, 0.2) is 12.2 Å². The van der Waals surface area contributed by atoms with Gasteiger partial charge in [-0.3, -0.25) is 0 Å². The van der Waals surface area contributed by atoms with E-state index in [0.717, 1.165) is 0 Å². The van der Waals surface area contributed by atoms with Crippen LogP contribution in [0.4, 0.5) is 0 Å². The minimum absolute atomic E-state index is 0. The highest BCUT2D eigenvalue weighted by Gasteiger charge is 1.84. The van der Waals surface area contributed by atoms with Crippen molar-refractivity contribution in [3.8, 4) is 0 Å². The standard InChI is InChI=1S/C10H20.2ClH/c1-3-5-7-9-10-8-6-4-2;;/h3,5H,4,6-10H2,1-2H3;2*1H/b5-3+;;. The van der Waals surface area contributed by atoms with Crippen molar-refractivity contribution >= 4 is 24.8 Å². The molecule has 0 saturated carbocycles. The molecule has 0 N–H and O–H groups in total. The van der Waals surface area contributed by atoms with Crippen LogP contribution in [0.1, 0.15) is 52.4 Å². The van der Waals surface area contributed by atoms with Crippen LogP contribution in [0.3, 0.4) is 0 Å². The Kier molecular flexibility index (Phi) is 26.4. The highest BCUT2D eigenvalue weighted by molar-refractivity contribution is 5.85. The first-order chi connectivity index (χ1) is 4.91. The second-order valence-corrected chi connectivity index (χ2v) is 2.77. The molecular weight excluding hydrogens is 191 g/mol. The molecule has 0 fully saturated rings. The molecule has 0 nitrogen and oxygen atoms in total. The van der Waals surface area contributed by atoms with E-state index in [4.69, 9.17) is 0 Å². The largest absolute Gasteiger partial charge is 0.147 e. The fraction of sp³-hybridized carbons (Fsp3) is 0.800. The maximum Gasteiger partial charge on any atom is -0.0351 e. The summed E-state index contributed by atoms with van der Waals surface area (Å²) in [6, 6.07) is 0. The maximum atomic E-state index is 2.26. The van der Waals surface area contributed by atoms with Gasteiger partial charge in [-0.25, -0.2) is 0 Å². The van der Waals surface area contributed by atoms with Crippen LogP contribution < -0.4 is 0 Å². The van der Waals surface area contributed by atoms with Gasteiger partial charge in [-0.15, -0.1) is 24.8 Å². The molecule has 0 radical (unpaired) electrons. The number of hydrogen-bond acceptors (Lipinski definition) is 0. The van der Waals surface area contributed by atoms with E-state index in [9.17, 15) is 0 Å². The lowest BCUT2D eigenvalue weighted by Gasteiger charge is -1.95. The molecule has 0 aromatic rings. The highest BCUT2D eigenvalue weighted by atomic mass is 35.5. The van der Waals surface area contributed by atoms with Crippen molar-refractivity contribution in [3.05, 3.63) is 12.2 Å². The number of unbranched alkanes of at least 4 members (excludes halogenated alkanes) is 5. The van der Waals surface area contributed by atoms with E-state index in [1.54, 1.807) is 0 Å². The molecule has 0 spiro atoms. The SMILES string of the molecule is C/C=C/CCCCCCC.Cl.Cl. The Hall–Kier alpha value is 0.320. The summed E-state index contributed by atoms with van der Waals surface area (Å²) in [6.45, 7) is 4.35. The third kappa shape index (κ3) is 16.7. The van der Waals surface area contributed by atoms with Crippen molar-refractivity contribution in [2.75, 3.05) is 0 Å². The van der Waals surface area contributed by atoms with Crippen LogP contribution in [0.5, 0.6) is 0 Å². The van der Waals surface area contributed by atoms with Gasteiger partial charge in [0.1, 0.15) is 0 Å². The minimum atomic E-state index is 0. The summed E-state index contributed by atoms with van der Waals surface area (Å²) < 4.78 is 0. The first-order valence-electron chi connectivity index (χ1n) is 4.53. The molecule has 0 unspecified atom stereocenters. The number of halogens is 2. The summed E-state index contributed by atoms with van der Waals surface area (Å²) >= 11 is 0. The van der Waals surface area contributed by atoms with E-state index in [0.29, 0.717) is 0 Å². The van der Waals surface area contributed by atoms with Gasteiger partial charge < -0.3 is 0 Å². The minimum Gasteiger partial charge on any atom is -0.147 e. The molecule has 0 rings (SSSR count). The second kappa shape index (κ2) is 17.4. The molecule has 12 heavy (non-hydrogen) atoms. The Morgan fingerprint density at radius 1 is 0.917 bits per heavy atom. The molecule has 0 heterocycles. The molecule has 0 aromatic carbocycles. The van der Waals surface area contributed by atoms with Gasteiger partial charge in [0.15, 0.2) is 0 Å². The molecule has 2 heteroatoms.